The number of hydrogen-bond donors (Lipinski definition) is 3. The van der Waals surface area contributed by atoms with E-state index in [9.17, 15) is 9.59 Å². The fraction of sp³-hybridized carbons (Fsp3) is 0.583. The third kappa shape index (κ3) is 5.38. The Hall–Kier alpha value is -1.28. The topological polar surface area (TPSA) is 91.3 Å². The molecule has 8 heteroatoms. The lowest BCUT2D eigenvalue weighted by atomic mass is 10.2. The van der Waals surface area contributed by atoms with Gasteiger partial charge in [0.1, 0.15) is 6.04 Å². The van der Waals surface area contributed by atoms with E-state index in [1.54, 1.807) is 18.0 Å². The molecule has 20 heavy (non-hydrogen) atoms. The molecule has 0 aliphatic carbocycles. The fourth-order valence-electron chi connectivity index (χ4n) is 1.46. The number of thiazole rings is 1. The summed E-state index contributed by atoms with van der Waals surface area (Å²) in [5, 5.41) is 14.2. The van der Waals surface area contributed by atoms with E-state index in [0.29, 0.717) is 23.2 Å². The number of carboxylic acid groups (broad SMARTS) is 1. The van der Waals surface area contributed by atoms with E-state index >= 15 is 0 Å². The van der Waals surface area contributed by atoms with E-state index in [4.69, 9.17) is 5.11 Å². The minimum absolute atomic E-state index is 0.350. The second-order valence-electron chi connectivity index (χ2n) is 4.50. The minimum atomic E-state index is -1.20. The van der Waals surface area contributed by atoms with Gasteiger partial charge in [-0.3, -0.25) is 4.79 Å². The molecule has 1 rings (SSSR count). The van der Waals surface area contributed by atoms with Gasteiger partial charge in [-0.1, -0.05) is 13.8 Å². The highest BCUT2D eigenvalue weighted by Crippen LogP contribution is 2.25. The molecule has 0 bridgehead atoms. The molecular weight excluding hydrogens is 298 g/mol. The number of amides is 2. The average Bonchev–Trinajstić information content (AvgIpc) is 2.82. The van der Waals surface area contributed by atoms with Crippen molar-refractivity contribution in [3.8, 4) is 0 Å². The number of nitrogens with zero attached hydrogens (tertiary/aromatic N) is 1. The van der Waals surface area contributed by atoms with Crippen LogP contribution in [0.3, 0.4) is 0 Å². The van der Waals surface area contributed by atoms with Crippen molar-refractivity contribution in [2.75, 3.05) is 17.3 Å². The monoisotopic (exact) mass is 317 g/mol. The van der Waals surface area contributed by atoms with E-state index in [2.05, 4.69) is 15.6 Å². The van der Waals surface area contributed by atoms with Crippen LogP contribution in [0.15, 0.2) is 6.20 Å². The number of carbonyl (C=O) groups is 2. The first-order valence-corrected chi connectivity index (χ1v) is 8.40. The van der Waals surface area contributed by atoms with Crippen LogP contribution in [-0.2, 0) is 4.79 Å². The zero-order valence-corrected chi connectivity index (χ0v) is 13.3. The molecule has 3 N–H and O–H groups in total. The van der Waals surface area contributed by atoms with E-state index in [0.717, 1.165) is 4.88 Å². The maximum absolute atomic E-state index is 12.1. The van der Waals surface area contributed by atoms with Crippen LogP contribution in [-0.4, -0.2) is 40.1 Å². The van der Waals surface area contributed by atoms with E-state index in [1.165, 1.54) is 11.3 Å². The van der Waals surface area contributed by atoms with Crippen LogP contribution in [0.1, 0.15) is 31.1 Å². The van der Waals surface area contributed by atoms with Crippen molar-refractivity contribution in [3.63, 3.8) is 0 Å². The van der Waals surface area contributed by atoms with Gasteiger partial charge in [0, 0.05) is 11.1 Å². The molecule has 1 heterocycles. The zero-order valence-electron chi connectivity index (χ0n) is 11.7. The summed E-state index contributed by atoms with van der Waals surface area (Å²) in [7, 11) is 0. The lowest BCUT2D eigenvalue weighted by molar-refractivity contribution is -0.118. The molecule has 0 aromatic carbocycles. The maximum Gasteiger partial charge on any atom is 0.405 e. The second-order valence-corrected chi connectivity index (χ2v) is 6.54. The molecule has 0 spiro atoms. The van der Waals surface area contributed by atoms with E-state index in [-0.39, 0.29) is 5.91 Å². The van der Waals surface area contributed by atoms with Gasteiger partial charge in [-0.05, 0) is 24.3 Å². The van der Waals surface area contributed by atoms with Crippen molar-refractivity contribution in [1.29, 1.82) is 0 Å². The molecule has 112 valence electrons. The Morgan fingerprint density at radius 1 is 1.50 bits per heavy atom. The third-order valence-corrected chi connectivity index (χ3v) is 4.40. The molecule has 0 saturated carbocycles. The number of aromatic nitrogens is 1. The van der Waals surface area contributed by atoms with Crippen LogP contribution in [0, 0.1) is 0 Å². The molecule has 1 aromatic rings. The third-order valence-electron chi connectivity index (χ3n) is 2.55. The number of thioether (sulfide) groups is 1. The van der Waals surface area contributed by atoms with Gasteiger partial charge < -0.3 is 15.7 Å². The van der Waals surface area contributed by atoms with Gasteiger partial charge in [0.2, 0.25) is 5.91 Å². The summed E-state index contributed by atoms with van der Waals surface area (Å²) in [5.74, 6) is 0.682. The van der Waals surface area contributed by atoms with Crippen LogP contribution < -0.4 is 10.6 Å². The van der Waals surface area contributed by atoms with Gasteiger partial charge in [0.25, 0.3) is 0 Å². The van der Waals surface area contributed by atoms with Gasteiger partial charge in [0.15, 0.2) is 5.13 Å². The number of carbonyl (C=O) groups excluding carboxylic acids is 1. The quantitative estimate of drug-likeness (QED) is 0.719. The summed E-state index contributed by atoms with van der Waals surface area (Å²) in [4.78, 5) is 28.0. The molecule has 2 amide bonds. The predicted molar refractivity (Wildman–Crippen MR) is 82.8 cm³/mol. The van der Waals surface area contributed by atoms with Crippen molar-refractivity contribution in [2.24, 2.45) is 0 Å². The Balaban J connectivity index is 2.65. The van der Waals surface area contributed by atoms with Crippen LogP contribution in [0.2, 0.25) is 0 Å². The van der Waals surface area contributed by atoms with Gasteiger partial charge in [-0.25, -0.2) is 9.78 Å². The van der Waals surface area contributed by atoms with E-state index in [1.807, 2.05) is 20.1 Å². The lowest BCUT2D eigenvalue weighted by Crippen LogP contribution is -2.43. The summed E-state index contributed by atoms with van der Waals surface area (Å²) < 4.78 is 0. The van der Waals surface area contributed by atoms with Crippen molar-refractivity contribution < 1.29 is 14.7 Å². The zero-order chi connectivity index (χ0) is 15.1. The van der Waals surface area contributed by atoms with Crippen LogP contribution >= 0.6 is 23.1 Å². The second kappa shape index (κ2) is 8.11. The molecule has 6 nitrogen and oxygen atoms in total. The highest BCUT2D eigenvalue weighted by molar-refractivity contribution is 7.98. The molecular formula is C12H19N3O3S2. The van der Waals surface area contributed by atoms with Crippen LogP contribution in [0.4, 0.5) is 9.93 Å². The Labute approximate surface area is 126 Å². The summed E-state index contributed by atoms with van der Waals surface area (Å²) in [6, 6.07) is -0.758. The Bertz CT molecular complexity index is 463. The normalized spacial score (nSPS) is 12.2. The molecule has 0 radical (unpaired) electrons. The first kappa shape index (κ1) is 16.8. The largest absolute Gasteiger partial charge is 0.465 e. The van der Waals surface area contributed by atoms with Gasteiger partial charge in [-0.2, -0.15) is 11.8 Å². The number of hydrogen-bond acceptors (Lipinski definition) is 5. The van der Waals surface area contributed by atoms with Crippen molar-refractivity contribution in [1.82, 2.24) is 10.3 Å². The summed E-state index contributed by atoms with van der Waals surface area (Å²) in [6.07, 6.45) is 2.88. The van der Waals surface area contributed by atoms with Crippen molar-refractivity contribution >= 4 is 40.2 Å². The highest BCUT2D eigenvalue weighted by Gasteiger charge is 2.21. The minimum Gasteiger partial charge on any atom is -0.465 e. The molecule has 1 atom stereocenters. The lowest BCUT2D eigenvalue weighted by Gasteiger charge is -2.15. The molecule has 0 aliphatic heterocycles. The van der Waals surface area contributed by atoms with Crippen molar-refractivity contribution in [3.05, 3.63) is 11.1 Å². The maximum atomic E-state index is 12.1. The van der Waals surface area contributed by atoms with Gasteiger partial charge in [0.05, 0.1) is 0 Å². The molecule has 0 fully saturated rings. The van der Waals surface area contributed by atoms with Crippen molar-refractivity contribution in [2.45, 2.75) is 32.2 Å². The first-order chi connectivity index (χ1) is 9.43. The molecule has 0 saturated heterocycles. The molecule has 1 aromatic heterocycles. The predicted octanol–water partition coefficient (Wildman–Crippen LogP) is 2.59. The van der Waals surface area contributed by atoms with Gasteiger partial charge in [-0.15, -0.1) is 11.3 Å². The summed E-state index contributed by atoms with van der Waals surface area (Å²) in [5.41, 5.74) is 0. The highest BCUT2D eigenvalue weighted by atomic mass is 32.2. The first-order valence-electron chi connectivity index (χ1n) is 6.19. The molecule has 0 aliphatic rings. The Morgan fingerprint density at radius 2 is 2.20 bits per heavy atom. The van der Waals surface area contributed by atoms with E-state index < -0.39 is 12.1 Å². The number of nitrogens with one attached hydrogen (secondary N) is 2. The summed E-state index contributed by atoms with van der Waals surface area (Å²) in [6.45, 7) is 4.10. The summed E-state index contributed by atoms with van der Waals surface area (Å²) >= 11 is 2.97. The molecule has 0 unspecified atom stereocenters. The smallest absolute Gasteiger partial charge is 0.405 e. The standard InChI is InChI=1S/C12H19N3O3S2/c1-7(2)9-6-13-11(20-9)15-10(16)8(4-5-19-3)14-12(17)18/h6-8,14H,4-5H2,1-3H3,(H,17,18)(H,13,15,16)/t8-/m0/s1. The Morgan fingerprint density at radius 3 is 2.70 bits per heavy atom. The van der Waals surface area contributed by atoms with Gasteiger partial charge >= 0.3 is 6.09 Å². The number of anilines is 1. The fourth-order valence-corrected chi connectivity index (χ4v) is 2.75. The number of rotatable bonds is 7. The average molecular weight is 317 g/mol. The van der Waals surface area contributed by atoms with Crippen LogP contribution in [0.5, 0.6) is 0 Å². The SMILES string of the molecule is CSCC[C@H](NC(=O)O)C(=O)Nc1ncc(C(C)C)s1. The Kier molecular flexibility index (Phi) is 6.80. The van der Waals surface area contributed by atoms with Crippen LogP contribution in [0.25, 0.3) is 0 Å².